The number of aryl methyl sites for hydroxylation is 1. The van der Waals surface area contributed by atoms with E-state index in [4.69, 9.17) is 4.74 Å². The van der Waals surface area contributed by atoms with Crippen LogP contribution in [0.3, 0.4) is 0 Å². The van der Waals surface area contributed by atoms with Crippen molar-refractivity contribution in [2.45, 2.75) is 58.3 Å². The van der Waals surface area contributed by atoms with Crippen LogP contribution in [0.2, 0.25) is 0 Å². The van der Waals surface area contributed by atoms with E-state index in [0.29, 0.717) is 12.1 Å². The van der Waals surface area contributed by atoms with Gasteiger partial charge in [0.15, 0.2) is 0 Å². The minimum Gasteiger partial charge on any atom is -0.484 e. The molecule has 0 amide bonds. The summed E-state index contributed by atoms with van der Waals surface area (Å²) in [7, 11) is 0. The zero-order chi connectivity index (χ0) is 18.1. The molecule has 140 valence electrons. The van der Waals surface area contributed by atoms with E-state index in [1.807, 2.05) is 0 Å². The molecule has 2 aliphatic heterocycles. The lowest BCUT2D eigenvalue weighted by Crippen LogP contribution is -2.47. The van der Waals surface area contributed by atoms with Gasteiger partial charge in [-0.05, 0) is 69.6 Å². The molecule has 1 atom stereocenters. The highest BCUT2D eigenvalue weighted by Crippen LogP contribution is 2.34. The van der Waals surface area contributed by atoms with Crippen molar-refractivity contribution in [2.75, 3.05) is 19.6 Å². The van der Waals surface area contributed by atoms with Gasteiger partial charge in [0.25, 0.3) is 0 Å². The average molecular weight is 371 g/mol. The maximum Gasteiger partial charge on any atom is 0.137 e. The van der Waals surface area contributed by atoms with Crippen LogP contribution in [0.25, 0.3) is 0 Å². The van der Waals surface area contributed by atoms with E-state index >= 15 is 0 Å². The van der Waals surface area contributed by atoms with Crippen molar-refractivity contribution in [3.63, 3.8) is 0 Å². The SMILES string of the molecule is Cc1ccc2c(c1)CN(C1CCN(C(C)C)CC1)C[C@@H](c1ccsc1)O2. The smallest absolute Gasteiger partial charge is 0.137 e. The summed E-state index contributed by atoms with van der Waals surface area (Å²) < 4.78 is 6.49. The molecule has 1 aromatic heterocycles. The van der Waals surface area contributed by atoms with Crippen molar-refractivity contribution in [1.82, 2.24) is 9.80 Å². The molecular formula is C22H30N2OS. The molecule has 1 saturated heterocycles. The molecule has 0 spiro atoms. The lowest BCUT2D eigenvalue weighted by atomic mass is 10.00. The van der Waals surface area contributed by atoms with Gasteiger partial charge in [-0.25, -0.2) is 0 Å². The quantitative estimate of drug-likeness (QED) is 0.767. The highest BCUT2D eigenvalue weighted by Gasteiger charge is 2.31. The Bertz CT molecular complexity index is 720. The molecule has 2 aliphatic rings. The molecule has 1 aromatic carbocycles. The van der Waals surface area contributed by atoms with Crippen molar-refractivity contribution in [2.24, 2.45) is 0 Å². The van der Waals surface area contributed by atoms with Gasteiger partial charge < -0.3 is 9.64 Å². The van der Waals surface area contributed by atoms with Crippen LogP contribution >= 0.6 is 11.3 Å². The normalized spacial score (nSPS) is 22.8. The van der Waals surface area contributed by atoms with Gasteiger partial charge >= 0.3 is 0 Å². The summed E-state index contributed by atoms with van der Waals surface area (Å²) >= 11 is 1.76. The second-order valence-corrected chi connectivity index (χ2v) is 8.84. The zero-order valence-corrected chi connectivity index (χ0v) is 17.0. The molecule has 0 N–H and O–H groups in total. The van der Waals surface area contributed by atoms with Gasteiger partial charge in [-0.2, -0.15) is 11.3 Å². The fourth-order valence-electron chi connectivity index (χ4n) is 4.31. The molecule has 3 nitrogen and oxygen atoms in total. The van der Waals surface area contributed by atoms with Crippen LogP contribution in [0, 0.1) is 6.92 Å². The van der Waals surface area contributed by atoms with E-state index < -0.39 is 0 Å². The van der Waals surface area contributed by atoms with Gasteiger partial charge in [-0.3, -0.25) is 4.90 Å². The largest absolute Gasteiger partial charge is 0.484 e. The van der Waals surface area contributed by atoms with Crippen LogP contribution in [0.15, 0.2) is 35.0 Å². The standard InChI is InChI=1S/C22H30N2OS/c1-16(2)23-9-6-20(7-10-23)24-13-19-12-17(3)4-5-21(19)25-22(14-24)18-8-11-26-15-18/h4-5,8,11-12,15-16,20,22H,6-7,9-10,13-14H2,1-3H3/t22-/m0/s1. The molecule has 2 aromatic rings. The molecule has 26 heavy (non-hydrogen) atoms. The van der Waals surface area contributed by atoms with E-state index in [1.54, 1.807) is 11.3 Å². The Hall–Kier alpha value is -1.36. The van der Waals surface area contributed by atoms with Gasteiger partial charge in [-0.15, -0.1) is 0 Å². The second-order valence-electron chi connectivity index (χ2n) is 8.06. The number of nitrogens with zero attached hydrogens (tertiary/aromatic N) is 2. The first-order valence-electron chi connectivity index (χ1n) is 9.86. The van der Waals surface area contributed by atoms with Gasteiger partial charge in [0.1, 0.15) is 11.9 Å². The zero-order valence-electron chi connectivity index (χ0n) is 16.1. The van der Waals surface area contributed by atoms with Crippen LogP contribution in [-0.2, 0) is 6.54 Å². The van der Waals surface area contributed by atoms with Crippen LogP contribution in [0.1, 0.15) is 49.5 Å². The fourth-order valence-corrected chi connectivity index (χ4v) is 5.01. The second kappa shape index (κ2) is 7.71. The molecule has 0 radical (unpaired) electrons. The van der Waals surface area contributed by atoms with Crippen molar-refractivity contribution in [3.8, 4) is 5.75 Å². The predicted octanol–water partition coefficient (Wildman–Crippen LogP) is 4.87. The number of likely N-dealkylation sites (tertiary alicyclic amines) is 1. The Morgan fingerprint density at radius 3 is 2.65 bits per heavy atom. The molecule has 0 aliphatic carbocycles. The Kier molecular flexibility index (Phi) is 5.35. The Labute approximate surface area is 161 Å². The highest BCUT2D eigenvalue weighted by molar-refractivity contribution is 7.07. The Morgan fingerprint density at radius 2 is 1.96 bits per heavy atom. The van der Waals surface area contributed by atoms with Crippen LogP contribution in [-0.4, -0.2) is 41.5 Å². The number of fused-ring (bicyclic) bond motifs is 1. The first-order valence-corrected chi connectivity index (χ1v) is 10.8. The van der Waals surface area contributed by atoms with Crippen LogP contribution in [0.4, 0.5) is 0 Å². The first kappa shape index (κ1) is 18.0. The lowest BCUT2D eigenvalue weighted by Gasteiger charge is -2.40. The Balaban J connectivity index is 1.58. The maximum atomic E-state index is 6.49. The van der Waals surface area contributed by atoms with Crippen LogP contribution in [0.5, 0.6) is 5.75 Å². The summed E-state index contributed by atoms with van der Waals surface area (Å²) in [6.07, 6.45) is 2.65. The third-order valence-corrected chi connectivity index (χ3v) is 6.62. The Morgan fingerprint density at radius 1 is 1.15 bits per heavy atom. The van der Waals surface area contributed by atoms with E-state index in [9.17, 15) is 0 Å². The summed E-state index contributed by atoms with van der Waals surface area (Å²) in [4.78, 5) is 5.30. The van der Waals surface area contributed by atoms with Crippen molar-refractivity contribution in [1.29, 1.82) is 0 Å². The van der Waals surface area contributed by atoms with E-state index in [0.717, 1.165) is 18.8 Å². The number of piperidine rings is 1. The summed E-state index contributed by atoms with van der Waals surface area (Å²) in [6.45, 7) is 11.2. The average Bonchev–Trinajstić information content (AvgIpc) is 3.10. The minimum absolute atomic E-state index is 0.133. The summed E-state index contributed by atoms with van der Waals surface area (Å²) in [5, 5.41) is 4.40. The third kappa shape index (κ3) is 3.83. The van der Waals surface area contributed by atoms with Crippen molar-refractivity contribution < 1.29 is 4.74 Å². The minimum atomic E-state index is 0.133. The number of rotatable bonds is 3. The highest BCUT2D eigenvalue weighted by atomic mass is 32.1. The van der Waals surface area contributed by atoms with E-state index in [-0.39, 0.29) is 6.10 Å². The summed E-state index contributed by atoms with van der Waals surface area (Å²) in [5.74, 6) is 1.06. The van der Waals surface area contributed by atoms with Crippen LogP contribution < -0.4 is 4.74 Å². The maximum absolute atomic E-state index is 6.49. The lowest BCUT2D eigenvalue weighted by molar-refractivity contribution is 0.0640. The number of benzene rings is 1. The number of hydrogen-bond donors (Lipinski definition) is 0. The molecule has 3 heterocycles. The predicted molar refractivity (Wildman–Crippen MR) is 109 cm³/mol. The summed E-state index contributed by atoms with van der Waals surface area (Å²) in [6, 6.07) is 10.2. The fraction of sp³-hybridized carbons (Fsp3) is 0.545. The molecule has 4 rings (SSSR count). The van der Waals surface area contributed by atoms with Gasteiger partial charge in [-0.1, -0.05) is 17.7 Å². The van der Waals surface area contributed by atoms with Gasteiger partial charge in [0, 0.05) is 36.3 Å². The van der Waals surface area contributed by atoms with Crippen molar-refractivity contribution in [3.05, 3.63) is 51.7 Å². The number of hydrogen-bond acceptors (Lipinski definition) is 4. The molecule has 1 fully saturated rings. The third-order valence-electron chi connectivity index (χ3n) is 5.92. The first-order chi connectivity index (χ1) is 12.6. The molecule has 0 saturated carbocycles. The molecular weight excluding hydrogens is 340 g/mol. The van der Waals surface area contributed by atoms with E-state index in [1.165, 1.54) is 42.6 Å². The topological polar surface area (TPSA) is 15.7 Å². The molecule has 0 unspecified atom stereocenters. The number of ether oxygens (including phenoxy) is 1. The summed E-state index contributed by atoms with van der Waals surface area (Å²) in [5.41, 5.74) is 3.97. The molecule has 0 bridgehead atoms. The monoisotopic (exact) mass is 370 g/mol. The molecule has 4 heteroatoms. The van der Waals surface area contributed by atoms with Crippen molar-refractivity contribution >= 4 is 11.3 Å². The number of thiophene rings is 1. The van der Waals surface area contributed by atoms with Gasteiger partial charge in [0.05, 0.1) is 0 Å². The van der Waals surface area contributed by atoms with E-state index in [2.05, 4.69) is 65.6 Å². The van der Waals surface area contributed by atoms with Gasteiger partial charge in [0.2, 0.25) is 0 Å².